The molecule has 0 radical (unpaired) electrons. The van der Waals surface area contributed by atoms with Gasteiger partial charge in [0.1, 0.15) is 35.9 Å². The third-order valence-corrected chi connectivity index (χ3v) is 14.6. The van der Waals surface area contributed by atoms with Gasteiger partial charge in [0.15, 0.2) is 0 Å². The predicted molar refractivity (Wildman–Crippen MR) is 266 cm³/mol. The van der Waals surface area contributed by atoms with E-state index in [0.29, 0.717) is 35.9 Å². The Labute approximate surface area is 409 Å². The number of H-pyrrole nitrogens is 2. The number of alkyl carbamates (subject to hydrolysis) is 2. The van der Waals surface area contributed by atoms with Gasteiger partial charge in [0.25, 0.3) is 11.8 Å². The SMILES string of the molecule is O=C(N[C@@H](C(=O)N1CCC[C@@H]1c1ncc(-c2ccc(-c3ccc(-c4cnc([C@@H]5CCCN5C(=O)[C@H](NC(=O)OC5CCCCC5)c5ccccc5)[nH]4)cc3)cc2)[nH]1)c1ccccc1)OC1CCCCC1. The Morgan fingerprint density at radius 2 is 0.843 bits per heavy atom. The summed E-state index contributed by atoms with van der Waals surface area (Å²) in [7, 11) is 0. The highest BCUT2D eigenvalue weighted by molar-refractivity contribution is 5.88. The van der Waals surface area contributed by atoms with Crippen LogP contribution < -0.4 is 10.6 Å². The number of carbonyl (C=O) groups is 4. The molecule has 4 heterocycles. The van der Waals surface area contributed by atoms with Crippen LogP contribution in [-0.4, -0.2) is 79.0 Å². The molecule has 4 aliphatic rings. The van der Waals surface area contributed by atoms with Crippen LogP contribution in [0.3, 0.4) is 0 Å². The molecule has 2 aromatic heterocycles. The Kier molecular flexibility index (Phi) is 14.4. The number of imidazole rings is 2. The molecule has 2 aliphatic heterocycles. The lowest BCUT2D eigenvalue weighted by molar-refractivity contribution is -0.135. The number of benzene rings is 4. The molecule has 14 nitrogen and oxygen atoms in total. The zero-order chi connectivity index (χ0) is 47.8. The largest absolute Gasteiger partial charge is 0.446 e. The van der Waals surface area contributed by atoms with Crippen molar-refractivity contribution in [3.63, 3.8) is 0 Å². The average Bonchev–Trinajstić information content (AvgIpc) is 4.27. The molecule has 4 atom stereocenters. The van der Waals surface area contributed by atoms with Gasteiger partial charge in [-0.05, 0) is 110 Å². The first-order valence-corrected chi connectivity index (χ1v) is 25.3. The summed E-state index contributed by atoms with van der Waals surface area (Å²) in [6.07, 6.45) is 15.3. The topological polar surface area (TPSA) is 175 Å². The van der Waals surface area contributed by atoms with Crippen LogP contribution in [0.1, 0.15) is 137 Å². The van der Waals surface area contributed by atoms with E-state index in [1.807, 2.05) is 82.9 Å². The summed E-state index contributed by atoms with van der Waals surface area (Å²) in [6, 6.07) is 33.1. The fourth-order valence-corrected chi connectivity index (χ4v) is 10.8. The number of aromatic amines is 2. The number of carbonyl (C=O) groups excluding carboxylic acids is 4. The van der Waals surface area contributed by atoms with Crippen LogP contribution in [0, 0.1) is 0 Å². The Bertz CT molecular complexity index is 2520. The second kappa shape index (κ2) is 21.6. The van der Waals surface area contributed by atoms with E-state index in [9.17, 15) is 19.2 Å². The van der Waals surface area contributed by atoms with Crippen LogP contribution >= 0.6 is 0 Å². The first-order chi connectivity index (χ1) is 34.3. The molecule has 4 fully saturated rings. The molecular weight excluding hydrogens is 881 g/mol. The van der Waals surface area contributed by atoms with Crippen molar-refractivity contribution in [3.8, 4) is 33.6 Å². The molecule has 0 unspecified atom stereocenters. The van der Waals surface area contributed by atoms with Crippen LogP contribution in [0.5, 0.6) is 0 Å². The number of ether oxygens (including phenoxy) is 2. The van der Waals surface area contributed by atoms with Crippen LogP contribution in [0.15, 0.2) is 122 Å². The average molecular weight is 943 g/mol. The first-order valence-electron chi connectivity index (χ1n) is 25.3. The highest BCUT2D eigenvalue weighted by Gasteiger charge is 2.39. The first kappa shape index (κ1) is 46.5. The molecule has 2 saturated heterocycles. The fraction of sp³-hybridized carbons (Fsp3) is 0.393. The van der Waals surface area contributed by atoms with E-state index in [0.717, 1.165) is 124 Å². The van der Waals surface area contributed by atoms with E-state index in [2.05, 4.69) is 69.1 Å². The van der Waals surface area contributed by atoms with Gasteiger partial charge in [0, 0.05) is 13.1 Å². The number of nitrogens with zero attached hydrogens (tertiary/aromatic N) is 4. The van der Waals surface area contributed by atoms with Gasteiger partial charge in [-0.1, -0.05) is 122 Å². The van der Waals surface area contributed by atoms with Gasteiger partial charge in [-0.25, -0.2) is 19.6 Å². The Balaban J connectivity index is 0.778. The molecule has 6 aromatic rings. The third kappa shape index (κ3) is 10.7. The number of rotatable bonds is 13. The lowest BCUT2D eigenvalue weighted by Gasteiger charge is -2.29. The van der Waals surface area contributed by atoms with Gasteiger partial charge in [0.05, 0.1) is 35.9 Å². The summed E-state index contributed by atoms with van der Waals surface area (Å²) < 4.78 is 11.6. The minimum absolute atomic E-state index is 0.121. The number of hydrogen-bond donors (Lipinski definition) is 4. The molecule has 4 N–H and O–H groups in total. The number of amides is 4. The van der Waals surface area contributed by atoms with Crippen molar-refractivity contribution in [2.75, 3.05) is 13.1 Å². The minimum Gasteiger partial charge on any atom is -0.446 e. The highest BCUT2D eigenvalue weighted by Crippen LogP contribution is 2.37. The summed E-state index contributed by atoms with van der Waals surface area (Å²) in [4.78, 5) is 75.2. The van der Waals surface area contributed by atoms with Crippen molar-refractivity contribution in [1.29, 1.82) is 0 Å². The smallest absolute Gasteiger partial charge is 0.408 e. The molecule has 2 saturated carbocycles. The van der Waals surface area contributed by atoms with Gasteiger partial charge < -0.3 is 39.9 Å². The van der Waals surface area contributed by atoms with E-state index < -0.39 is 24.3 Å². The van der Waals surface area contributed by atoms with E-state index in [1.54, 1.807) is 0 Å². The second-order valence-corrected chi connectivity index (χ2v) is 19.2. The Morgan fingerprint density at radius 3 is 1.23 bits per heavy atom. The maximum absolute atomic E-state index is 14.3. The van der Waals surface area contributed by atoms with E-state index in [-0.39, 0.29) is 36.1 Å². The highest BCUT2D eigenvalue weighted by atomic mass is 16.6. The summed E-state index contributed by atoms with van der Waals surface area (Å²) in [5.41, 5.74) is 7.18. The Hall–Kier alpha value is -7.22. The number of nitrogens with one attached hydrogen (secondary N) is 4. The summed E-state index contributed by atoms with van der Waals surface area (Å²) in [6.45, 7) is 1.12. The quantitative estimate of drug-likeness (QED) is 0.0885. The van der Waals surface area contributed by atoms with Crippen molar-refractivity contribution >= 4 is 24.0 Å². The van der Waals surface area contributed by atoms with Crippen molar-refractivity contribution in [2.24, 2.45) is 0 Å². The third-order valence-electron chi connectivity index (χ3n) is 14.6. The van der Waals surface area contributed by atoms with E-state index >= 15 is 0 Å². The zero-order valence-electron chi connectivity index (χ0n) is 39.6. The molecule has 2 aliphatic carbocycles. The van der Waals surface area contributed by atoms with Crippen molar-refractivity contribution in [2.45, 2.75) is 126 Å². The molecular formula is C56H62N8O6. The molecule has 14 heteroatoms. The molecule has 4 amide bonds. The molecule has 10 rings (SSSR count). The number of aromatic nitrogens is 4. The van der Waals surface area contributed by atoms with Crippen LogP contribution in [-0.2, 0) is 19.1 Å². The lowest BCUT2D eigenvalue weighted by atomic mass is 9.98. The number of likely N-dealkylation sites (tertiary alicyclic amines) is 2. The molecule has 0 bridgehead atoms. The van der Waals surface area contributed by atoms with Gasteiger partial charge in [0.2, 0.25) is 0 Å². The summed E-state index contributed by atoms with van der Waals surface area (Å²) in [5.74, 6) is 1.07. The standard InChI is InChI=1S/C56H62N8O6/c65-53(49(41-15-5-1-6-16-41)61-55(67)69-43-19-9-3-10-20-43)63-33-13-23-47(63)51-57-35-45(59-51)39-29-25-37(26-30-39)38-27-31-40(32-28-38)46-36-58-52(60-46)48-24-14-34-64(48)54(66)50(42-17-7-2-8-18-42)62-56(68)70-44-21-11-4-12-22-44/h1-2,5-8,15-18,25-32,35-36,43-44,47-50H,3-4,9-14,19-24,33-34H2,(H,57,59)(H,58,60)(H,61,67)(H,62,68)/t47-,48+,49-,50-/m1/s1. The van der Waals surface area contributed by atoms with Crippen LogP contribution in [0.25, 0.3) is 33.6 Å². The predicted octanol–water partition coefficient (Wildman–Crippen LogP) is 11.1. The summed E-state index contributed by atoms with van der Waals surface area (Å²) in [5, 5.41) is 5.83. The van der Waals surface area contributed by atoms with Gasteiger partial charge in [-0.15, -0.1) is 0 Å². The van der Waals surface area contributed by atoms with Crippen LogP contribution in [0.4, 0.5) is 9.59 Å². The number of hydrogen-bond acceptors (Lipinski definition) is 8. The van der Waals surface area contributed by atoms with Gasteiger partial charge >= 0.3 is 12.2 Å². The zero-order valence-corrected chi connectivity index (χ0v) is 39.6. The van der Waals surface area contributed by atoms with E-state index in [4.69, 9.17) is 19.4 Å². The monoisotopic (exact) mass is 942 g/mol. The molecule has 0 spiro atoms. The maximum atomic E-state index is 14.3. The molecule has 362 valence electrons. The normalized spacial score (nSPS) is 19.6. The molecule has 4 aromatic carbocycles. The maximum Gasteiger partial charge on any atom is 0.408 e. The Morgan fingerprint density at radius 1 is 0.471 bits per heavy atom. The van der Waals surface area contributed by atoms with Crippen LogP contribution in [0.2, 0.25) is 0 Å². The van der Waals surface area contributed by atoms with E-state index in [1.165, 1.54) is 0 Å². The minimum atomic E-state index is -0.876. The van der Waals surface area contributed by atoms with Crippen molar-refractivity contribution < 1.29 is 28.7 Å². The summed E-state index contributed by atoms with van der Waals surface area (Å²) >= 11 is 0. The van der Waals surface area contributed by atoms with Crippen molar-refractivity contribution in [1.82, 2.24) is 40.4 Å². The fourth-order valence-electron chi connectivity index (χ4n) is 10.8. The van der Waals surface area contributed by atoms with Crippen molar-refractivity contribution in [3.05, 3.63) is 144 Å². The lowest BCUT2D eigenvalue weighted by Crippen LogP contribution is -2.43. The van der Waals surface area contributed by atoms with Gasteiger partial charge in [-0.2, -0.15) is 0 Å². The molecule has 70 heavy (non-hydrogen) atoms. The second-order valence-electron chi connectivity index (χ2n) is 19.2. The van der Waals surface area contributed by atoms with Gasteiger partial charge in [-0.3, -0.25) is 9.59 Å².